The van der Waals surface area contributed by atoms with Gasteiger partial charge in [-0.05, 0) is 46.3 Å². The lowest BCUT2D eigenvalue weighted by atomic mass is 10.1. The molecule has 1 aromatic carbocycles. The Kier molecular flexibility index (Phi) is 4.67. The van der Waals surface area contributed by atoms with Gasteiger partial charge >= 0.3 is 6.18 Å². The van der Waals surface area contributed by atoms with Crippen molar-refractivity contribution in [3.8, 4) is 0 Å². The highest BCUT2D eigenvalue weighted by atomic mass is 79.9. The Hall–Kier alpha value is -1.41. The fourth-order valence-corrected chi connectivity index (χ4v) is 2.32. The molecule has 0 radical (unpaired) electrons. The zero-order chi connectivity index (χ0) is 15.6. The maximum atomic E-state index is 13.0. The maximum absolute atomic E-state index is 13.0. The van der Waals surface area contributed by atoms with E-state index in [0.717, 1.165) is 12.1 Å². The first-order chi connectivity index (χ1) is 9.77. The molecule has 21 heavy (non-hydrogen) atoms. The Morgan fingerprint density at radius 1 is 1.14 bits per heavy atom. The van der Waals surface area contributed by atoms with Gasteiger partial charge in [-0.2, -0.15) is 13.2 Å². The molecule has 0 aliphatic heterocycles. The van der Waals surface area contributed by atoms with Gasteiger partial charge in [-0.1, -0.05) is 22.0 Å². The number of aromatic nitrogens is 1. The van der Waals surface area contributed by atoms with Crippen LogP contribution in [-0.4, -0.2) is 10.9 Å². The van der Waals surface area contributed by atoms with Crippen molar-refractivity contribution in [2.45, 2.75) is 6.18 Å². The minimum absolute atomic E-state index is 0.158. The lowest BCUT2D eigenvalue weighted by Gasteiger charge is -2.13. The van der Waals surface area contributed by atoms with Crippen LogP contribution in [-0.2, 0) is 6.18 Å². The molecule has 1 amide bonds. The second-order valence-electron chi connectivity index (χ2n) is 3.99. The Labute approximate surface area is 134 Å². The van der Waals surface area contributed by atoms with Crippen LogP contribution in [0.3, 0.4) is 0 Å². The van der Waals surface area contributed by atoms with Gasteiger partial charge in [-0.15, -0.1) is 0 Å². The van der Waals surface area contributed by atoms with Crippen molar-refractivity contribution in [3.63, 3.8) is 0 Å². The fourth-order valence-electron chi connectivity index (χ4n) is 1.61. The van der Waals surface area contributed by atoms with Crippen molar-refractivity contribution < 1.29 is 18.0 Å². The van der Waals surface area contributed by atoms with Crippen molar-refractivity contribution in [2.24, 2.45) is 0 Å². The summed E-state index contributed by atoms with van der Waals surface area (Å²) >= 11 is 6.08. The number of amides is 1. The van der Waals surface area contributed by atoms with Gasteiger partial charge in [0, 0.05) is 4.47 Å². The molecule has 0 aliphatic rings. The van der Waals surface area contributed by atoms with Crippen molar-refractivity contribution in [1.82, 2.24) is 4.98 Å². The number of carbonyl (C=O) groups is 1. The molecule has 1 aromatic heterocycles. The zero-order valence-corrected chi connectivity index (χ0v) is 13.4. The van der Waals surface area contributed by atoms with Gasteiger partial charge in [0.05, 0.1) is 11.1 Å². The van der Waals surface area contributed by atoms with E-state index >= 15 is 0 Å². The molecule has 8 heteroatoms. The fraction of sp³-hybridized carbons (Fsp3) is 0.0769. The summed E-state index contributed by atoms with van der Waals surface area (Å²) in [4.78, 5) is 16.0. The molecule has 0 fully saturated rings. The molecule has 1 N–H and O–H groups in total. The molecule has 0 spiro atoms. The Bertz CT molecular complexity index is 689. The number of nitrogens with one attached hydrogen (secondary N) is 1. The van der Waals surface area contributed by atoms with Crippen molar-refractivity contribution >= 4 is 43.6 Å². The number of nitrogens with zero attached hydrogens (tertiary/aromatic N) is 1. The molecule has 0 atom stereocenters. The summed E-state index contributed by atoms with van der Waals surface area (Å²) in [6.07, 6.45) is -4.62. The average Bonchev–Trinajstić information content (AvgIpc) is 2.37. The third-order valence-electron chi connectivity index (χ3n) is 2.49. The van der Waals surface area contributed by atoms with Gasteiger partial charge in [0.1, 0.15) is 10.4 Å². The number of hydrogen-bond donors (Lipinski definition) is 1. The van der Waals surface area contributed by atoms with Crippen molar-refractivity contribution in [3.05, 3.63) is 56.6 Å². The summed E-state index contributed by atoms with van der Waals surface area (Å²) < 4.78 is 39.6. The van der Waals surface area contributed by atoms with E-state index in [1.807, 2.05) is 0 Å². The first kappa shape index (κ1) is 16.0. The normalized spacial score (nSPS) is 11.3. The number of pyridine rings is 1. The van der Waals surface area contributed by atoms with E-state index in [9.17, 15) is 18.0 Å². The topological polar surface area (TPSA) is 42.0 Å². The third-order valence-corrected chi connectivity index (χ3v) is 3.42. The molecule has 2 rings (SSSR count). The summed E-state index contributed by atoms with van der Waals surface area (Å²) in [5.74, 6) is -0.717. The summed E-state index contributed by atoms with van der Waals surface area (Å²) in [7, 11) is 0. The predicted molar refractivity (Wildman–Crippen MR) is 79.0 cm³/mol. The minimum atomic E-state index is -4.62. The molecule has 110 valence electrons. The highest BCUT2D eigenvalue weighted by molar-refractivity contribution is 9.10. The van der Waals surface area contributed by atoms with Crippen LogP contribution >= 0.6 is 31.9 Å². The third kappa shape index (κ3) is 4.04. The van der Waals surface area contributed by atoms with Gasteiger partial charge in [0.2, 0.25) is 0 Å². The van der Waals surface area contributed by atoms with Crippen LogP contribution in [0.1, 0.15) is 15.9 Å². The Morgan fingerprint density at radius 3 is 2.48 bits per heavy atom. The van der Waals surface area contributed by atoms with Gasteiger partial charge < -0.3 is 5.32 Å². The molecular formula is C13H7Br2F3N2O. The van der Waals surface area contributed by atoms with Crippen LogP contribution in [0.25, 0.3) is 0 Å². The number of carbonyl (C=O) groups excluding carboxylic acids is 1. The Balaban J connectivity index is 2.35. The second-order valence-corrected chi connectivity index (χ2v) is 5.72. The SMILES string of the molecule is O=C(Nc1cccc(Br)n1)c1ccc(Br)cc1C(F)(F)F. The van der Waals surface area contributed by atoms with Gasteiger partial charge in [-0.25, -0.2) is 4.98 Å². The van der Waals surface area contributed by atoms with E-state index < -0.39 is 23.2 Å². The molecule has 0 aliphatic carbocycles. The molecule has 0 unspecified atom stereocenters. The minimum Gasteiger partial charge on any atom is -0.307 e. The van der Waals surface area contributed by atoms with E-state index in [0.29, 0.717) is 4.60 Å². The van der Waals surface area contributed by atoms with Crippen LogP contribution in [0.15, 0.2) is 45.5 Å². The highest BCUT2D eigenvalue weighted by Gasteiger charge is 2.35. The molecule has 3 nitrogen and oxygen atoms in total. The maximum Gasteiger partial charge on any atom is 0.417 e. The van der Waals surface area contributed by atoms with E-state index in [1.165, 1.54) is 12.1 Å². The largest absolute Gasteiger partial charge is 0.417 e. The van der Waals surface area contributed by atoms with Crippen LogP contribution in [0.2, 0.25) is 0 Å². The molecule has 0 saturated heterocycles. The molecule has 0 bridgehead atoms. The van der Waals surface area contributed by atoms with Crippen molar-refractivity contribution in [1.29, 1.82) is 0 Å². The van der Waals surface area contributed by atoms with Crippen LogP contribution in [0.4, 0.5) is 19.0 Å². The van der Waals surface area contributed by atoms with Gasteiger partial charge in [-0.3, -0.25) is 4.79 Å². The average molecular weight is 424 g/mol. The summed E-state index contributed by atoms with van der Waals surface area (Å²) in [5, 5.41) is 2.34. The number of anilines is 1. The first-order valence-electron chi connectivity index (χ1n) is 5.58. The second kappa shape index (κ2) is 6.15. The smallest absolute Gasteiger partial charge is 0.307 e. The predicted octanol–water partition coefficient (Wildman–Crippen LogP) is 4.88. The lowest BCUT2D eigenvalue weighted by Crippen LogP contribution is -2.19. The van der Waals surface area contributed by atoms with E-state index in [-0.39, 0.29) is 10.3 Å². The molecule has 1 heterocycles. The van der Waals surface area contributed by atoms with Crippen LogP contribution in [0.5, 0.6) is 0 Å². The van der Waals surface area contributed by atoms with E-state index in [2.05, 4.69) is 42.2 Å². The molecule has 0 saturated carbocycles. The summed E-state index contributed by atoms with van der Waals surface area (Å²) in [5.41, 5.74) is -1.48. The van der Waals surface area contributed by atoms with Crippen molar-refractivity contribution in [2.75, 3.05) is 5.32 Å². The van der Waals surface area contributed by atoms with Crippen LogP contribution < -0.4 is 5.32 Å². The lowest BCUT2D eigenvalue weighted by molar-refractivity contribution is -0.137. The number of benzene rings is 1. The van der Waals surface area contributed by atoms with Crippen LogP contribution in [0, 0.1) is 0 Å². The zero-order valence-electron chi connectivity index (χ0n) is 10.2. The molecular weight excluding hydrogens is 417 g/mol. The van der Waals surface area contributed by atoms with E-state index in [1.54, 1.807) is 12.1 Å². The summed E-state index contributed by atoms with van der Waals surface area (Å²) in [6, 6.07) is 8.08. The monoisotopic (exact) mass is 422 g/mol. The van der Waals surface area contributed by atoms with E-state index in [4.69, 9.17) is 0 Å². The Morgan fingerprint density at radius 2 is 1.86 bits per heavy atom. The standard InChI is InChI=1S/C13H7Br2F3N2O/c14-7-4-5-8(9(6-7)13(16,17)18)12(21)20-11-3-1-2-10(15)19-11/h1-6H,(H,19,20,21). The quantitative estimate of drug-likeness (QED) is 0.699. The number of rotatable bonds is 2. The van der Waals surface area contributed by atoms with Gasteiger partial charge in [0.15, 0.2) is 0 Å². The van der Waals surface area contributed by atoms with Gasteiger partial charge in [0.25, 0.3) is 5.91 Å². The summed E-state index contributed by atoms with van der Waals surface area (Å²) in [6.45, 7) is 0. The number of hydrogen-bond acceptors (Lipinski definition) is 2. The number of alkyl halides is 3. The highest BCUT2D eigenvalue weighted by Crippen LogP contribution is 2.34. The first-order valence-corrected chi connectivity index (χ1v) is 7.16. The number of halogens is 5. The molecule has 2 aromatic rings.